The Morgan fingerprint density at radius 3 is 2.63 bits per heavy atom. The van der Waals surface area contributed by atoms with Crippen LogP contribution in [0.1, 0.15) is 17.4 Å². The predicted molar refractivity (Wildman–Crippen MR) is 110 cm³/mol. The molecule has 2 unspecified atom stereocenters. The van der Waals surface area contributed by atoms with Gasteiger partial charge in [0.05, 0.1) is 5.92 Å². The van der Waals surface area contributed by atoms with Gasteiger partial charge in [-0.3, -0.25) is 9.59 Å². The van der Waals surface area contributed by atoms with Crippen molar-refractivity contribution in [3.63, 3.8) is 0 Å². The molecule has 2 amide bonds. The van der Waals surface area contributed by atoms with Gasteiger partial charge < -0.3 is 9.80 Å². The van der Waals surface area contributed by atoms with E-state index in [0.29, 0.717) is 23.1 Å². The molecule has 2 atom stereocenters. The molecule has 0 saturated carbocycles. The van der Waals surface area contributed by atoms with Gasteiger partial charge in [-0.05, 0) is 24.3 Å². The Labute approximate surface area is 172 Å². The maximum absolute atomic E-state index is 13.2. The van der Waals surface area contributed by atoms with Gasteiger partial charge in [-0.15, -0.1) is 11.8 Å². The first-order valence-electron chi connectivity index (χ1n) is 8.77. The Morgan fingerprint density at radius 2 is 1.89 bits per heavy atom. The van der Waals surface area contributed by atoms with E-state index in [1.165, 1.54) is 0 Å². The fourth-order valence-corrected chi connectivity index (χ4v) is 5.50. The van der Waals surface area contributed by atoms with Crippen LogP contribution in [0.2, 0.25) is 10.0 Å². The Hall–Kier alpha value is -1.69. The van der Waals surface area contributed by atoms with Gasteiger partial charge in [0, 0.05) is 46.6 Å². The van der Waals surface area contributed by atoms with Crippen LogP contribution < -0.4 is 4.90 Å². The lowest BCUT2D eigenvalue weighted by molar-refractivity contribution is -0.136. The number of thioether (sulfide) groups is 1. The highest BCUT2D eigenvalue weighted by molar-refractivity contribution is 7.99. The number of anilines is 1. The highest BCUT2D eigenvalue weighted by Gasteiger charge is 2.41. The van der Waals surface area contributed by atoms with Gasteiger partial charge in [-0.2, -0.15) is 0 Å². The zero-order valence-corrected chi connectivity index (χ0v) is 16.8. The van der Waals surface area contributed by atoms with E-state index < -0.39 is 0 Å². The molecule has 0 N–H and O–H groups in total. The first kappa shape index (κ1) is 18.7. The minimum atomic E-state index is -0.329. The van der Waals surface area contributed by atoms with Gasteiger partial charge in [0.2, 0.25) is 11.8 Å². The Kier molecular flexibility index (Phi) is 5.35. The molecule has 2 heterocycles. The van der Waals surface area contributed by atoms with Gasteiger partial charge in [-0.1, -0.05) is 47.5 Å². The summed E-state index contributed by atoms with van der Waals surface area (Å²) in [5.74, 6) is 0.526. The van der Waals surface area contributed by atoms with E-state index in [2.05, 4.69) is 0 Å². The maximum Gasteiger partial charge on any atom is 0.229 e. The summed E-state index contributed by atoms with van der Waals surface area (Å²) < 4.78 is 0. The number of benzene rings is 2. The van der Waals surface area contributed by atoms with Crippen molar-refractivity contribution < 1.29 is 9.59 Å². The lowest BCUT2D eigenvalue weighted by atomic mass is 10.1. The van der Waals surface area contributed by atoms with Crippen LogP contribution in [0.25, 0.3) is 0 Å². The molecule has 2 aromatic carbocycles. The standard InChI is InChI=1S/C20H18Cl2N2O2S/c21-14-6-7-16(17(22)11-14)20-23(8-9-27-20)19(26)13-10-18(25)24(12-13)15-4-2-1-3-5-15/h1-7,11,13,20H,8-10,12H2. The number of nitrogens with zero attached hydrogens (tertiary/aromatic N) is 2. The summed E-state index contributed by atoms with van der Waals surface area (Å²) in [5, 5.41) is 1.00. The zero-order chi connectivity index (χ0) is 19.0. The van der Waals surface area contributed by atoms with Gasteiger partial charge in [-0.25, -0.2) is 0 Å². The number of hydrogen-bond acceptors (Lipinski definition) is 3. The van der Waals surface area contributed by atoms with Crippen molar-refractivity contribution in [2.75, 3.05) is 23.7 Å². The molecule has 0 radical (unpaired) electrons. The van der Waals surface area contributed by atoms with Crippen LogP contribution in [0.15, 0.2) is 48.5 Å². The summed E-state index contributed by atoms with van der Waals surface area (Å²) in [6.07, 6.45) is 0.246. The summed E-state index contributed by atoms with van der Waals surface area (Å²) in [6, 6.07) is 14.9. The lowest BCUT2D eigenvalue weighted by Gasteiger charge is -2.27. The van der Waals surface area contributed by atoms with Gasteiger partial charge in [0.1, 0.15) is 5.37 Å². The summed E-state index contributed by atoms with van der Waals surface area (Å²) in [7, 11) is 0. The van der Waals surface area contributed by atoms with Crippen LogP contribution in [0.5, 0.6) is 0 Å². The van der Waals surface area contributed by atoms with Crippen molar-refractivity contribution in [3.8, 4) is 0 Å². The quantitative estimate of drug-likeness (QED) is 0.726. The number of halogens is 2. The molecule has 4 rings (SSSR count). The number of carbonyl (C=O) groups is 2. The number of carbonyl (C=O) groups excluding carboxylic acids is 2. The Bertz CT molecular complexity index is 878. The second kappa shape index (κ2) is 7.74. The third-order valence-electron chi connectivity index (χ3n) is 4.94. The SMILES string of the molecule is O=C1CC(C(=O)N2CCSC2c2ccc(Cl)cc2Cl)CN1c1ccccc1. The van der Waals surface area contributed by atoms with E-state index >= 15 is 0 Å². The lowest BCUT2D eigenvalue weighted by Crippen LogP contribution is -2.37. The topological polar surface area (TPSA) is 40.6 Å². The fraction of sp³-hybridized carbons (Fsp3) is 0.300. The number of para-hydroxylation sites is 1. The van der Waals surface area contributed by atoms with Gasteiger partial charge in [0.15, 0.2) is 0 Å². The van der Waals surface area contributed by atoms with Crippen LogP contribution in [0.3, 0.4) is 0 Å². The second-order valence-corrected chi connectivity index (χ2v) is 8.69. The van der Waals surface area contributed by atoms with Gasteiger partial charge >= 0.3 is 0 Å². The highest BCUT2D eigenvalue weighted by atomic mass is 35.5. The van der Waals surface area contributed by atoms with Crippen molar-refractivity contribution in [1.29, 1.82) is 0 Å². The van der Waals surface area contributed by atoms with Crippen molar-refractivity contribution in [3.05, 3.63) is 64.1 Å². The van der Waals surface area contributed by atoms with Crippen molar-refractivity contribution >= 4 is 52.5 Å². The highest BCUT2D eigenvalue weighted by Crippen LogP contribution is 2.43. The summed E-state index contributed by atoms with van der Waals surface area (Å²) >= 11 is 14.1. The smallest absolute Gasteiger partial charge is 0.229 e. The van der Waals surface area contributed by atoms with E-state index in [-0.39, 0.29) is 29.5 Å². The van der Waals surface area contributed by atoms with Crippen molar-refractivity contribution in [2.45, 2.75) is 11.8 Å². The fourth-order valence-electron chi connectivity index (χ4n) is 3.62. The number of amides is 2. The average Bonchev–Trinajstić information content (AvgIpc) is 3.29. The molecule has 0 aliphatic carbocycles. The molecule has 2 fully saturated rings. The molecular formula is C20H18Cl2N2O2S. The largest absolute Gasteiger partial charge is 0.325 e. The van der Waals surface area contributed by atoms with Crippen LogP contribution in [0, 0.1) is 5.92 Å². The molecule has 2 aromatic rings. The molecule has 2 aliphatic heterocycles. The minimum Gasteiger partial charge on any atom is -0.325 e. The monoisotopic (exact) mass is 420 g/mol. The molecule has 2 saturated heterocycles. The second-order valence-electron chi connectivity index (χ2n) is 6.66. The van der Waals surface area contributed by atoms with Crippen molar-refractivity contribution in [2.24, 2.45) is 5.92 Å². The zero-order valence-electron chi connectivity index (χ0n) is 14.5. The molecule has 2 aliphatic rings. The number of rotatable bonds is 3. The molecular weight excluding hydrogens is 403 g/mol. The predicted octanol–water partition coefficient (Wildman–Crippen LogP) is 4.62. The van der Waals surface area contributed by atoms with Crippen LogP contribution >= 0.6 is 35.0 Å². The molecule has 0 aromatic heterocycles. The first-order valence-corrected chi connectivity index (χ1v) is 10.6. The minimum absolute atomic E-state index is 0.00697. The molecule has 4 nitrogen and oxygen atoms in total. The van der Waals surface area contributed by atoms with Crippen LogP contribution in [-0.4, -0.2) is 35.6 Å². The van der Waals surface area contributed by atoms with E-state index in [1.807, 2.05) is 41.3 Å². The third kappa shape index (κ3) is 3.68. The normalized spacial score (nSPS) is 22.5. The summed E-state index contributed by atoms with van der Waals surface area (Å²) in [4.78, 5) is 29.2. The average molecular weight is 421 g/mol. The van der Waals surface area contributed by atoms with E-state index in [1.54, 1.807) is 28.8 Å². The molecule has 140 valence electrons. The third-order valence-corrected chi connectivity index (χ3v) is 6.75. The molecule has 0 bridgehead atoms. The molecule has 7 heteroatoms. The summed E-state index contributed by atoms with van der Waals surface area (Å²) in [5.41, 5.74) is 1.73. The van der Waals surface area contributed by atoms with Crippen LogP contribution in [-0.2, 0) is 9.59 Å². The van der Waals surface area contributed by atoms with E-state index in [9.17, 15) is 9.59 Å². The van der Waals surface area contributed by atoms with Crippen LogP contribution in [0.4, 0.5) is 5.69 Å². The Morgan fingerprint density at radius 1 is 1.11 bits per heavy atom. The molecule has 27 heavy (non-hydrogen) atoms. The van der Waals surface area contributed by atoms with Gasteiger partial charge in [0.25, 0.3) is 0 Å². The maximum atomic E-state index is 13.2. The number of hydrogen-bond donors (Lipinski definition) is 0. The molecule has 0 spiro atoms. The van der Waals surface area contributed by atoms with E-state index in [0.717, 1.165) is 17.0 Å². The Balaban J connectivity index is 1.53. The first-order chi connectivity index (χ1) is 13.0. The van der Waals surface area contributed by atoms with Crippen molar-refractivity contribution in [1.82, 2.24) is 4.90 Å². The van der Waals surface area contributed by atoms with E-state index in [4.69, 9.17) is 23.2 Å². The summed E-state index contributed by atoms with van der Waals surface area (Å²) in [6.45, 7) is 1.08.